The van der Waals surface area contributed by atoms with Crippen LogP contribution in [0.4, 0.5) is 0 Å². The first-order valence-electron chi connectivity index (χ1n) is 5.92. The predicted molar refractivity (Wildman–Crippen MR) is 65.3 cm³/mol. The summed E-state index contributed by atoms with van der Waals surface area (Å²) < 4.78 is 7.13. The Morgan fingerprint density at radius 2 is 2.31 bits per heavy atom. The van der Waals surface area contributed by atoms with E-state index in [1.54, 1.807) is 7.11 Å². The number of nitrogens with zero attached hydrogens (tertiary/aromatic N) is 2. The van der Waals surface area contributed by atoms with Crippen LogP contribution in [0.5, 0.6) is 0 Å². The van der Waals surface area contributed by atoms with Gasteiger partial charge in [-0.25, -0.2) is 4.98 Å². The van der Waals surface area contributed by atoms with Gasteiger partial charge in [0.25, 0.3) is 0 Å². The number of rotatable bonds is 8. The summed E-state index contributed by atoms with van der Waals surface area (Å²) in [5.41, 5.74) is 1.11. The second kappa shape index (κ2) is 7.41. The Kier molecular flexibility index (Phi) is 6.11. The highest BCUT2D eigenvalue weighted by Crippen LogP contribution is 1.98. The van der Waals surface area contributed by atoms with Gasteiger partial charge in [0.15, 0.2) is 0 Å². The van der Waals surface area contributed by atoms with Crippen molar-refractivity contribution in [3.05, 3.63) is 18.2 Å². The first-order chi connectivity index (χ1) is 7.72. The number of aromatic nitrogens is 2. The van der Waals surface area contributed by atoms with E-state index in [2.05, 4.69) is 34.9 Å². The van der Waals surface area contributed by atoms with Gasteiger partial charge in [-0.15, -0.1) is 0 Å². The van der Waals surface area contributed by atoms with E-state index in [4.69, 9.17) is 4.74 Å². The van der Waals surface area contributed by atoms with E-state index in [1.807, 2.05) is 6.33 Å². The maximum atomic E-state index is 5.02. The summed E-state index contributed by atoms with van der Waals surface area (Å²) in [5, 5.41) is 3.38. The van der Waals surface area contributed by atoms with Crippen molar-refractivity contribution < 1.29 is 4.74 Å². The summed E-state index contributed by atoms with van der Waals surface area (Å²) in [6.45, 7) is 8.09. The number of hydrogen-bond acceptors (Lipinski definition) is 3. The third kappa shape index (κ3) is 5.28. The molecule has 92 valence electrons. The molecule has 1 aromatic heterocycles. The molecule has 0 fully saturated rings. The maximum Gasteiger partial charge on any atom is 0.0949 e. The van der Waals surface area contributed by atoms with Crippen LogP contribution in [0.15, 0.2) is 12.5 Å². The molecular formula is C12H23N3O. The molecule has 16 heavy (non-hydrogen) atoms. The van der Waals surface area contributed by atoms with E-state index < -0.39 is 0 Å². The first kappa shape index (κ1) is 13.2. The van der Waals surface area contributed by atoms with Crippen LogP contribution < -0.4 is 5.32 Å². The zero-order chi connectivity index (χ0) is 11.8. The highest BCUT2D eigenvalue weighted by atomic mass is 16.5. The molecule has 1 rings (SSSR count). The van der Waals surface area contributed by atoms with Crippen LogP contribution in [0, 0.1) is 5.92 Å². The lowest BCUT2D eigenvalue weighted by molar-refractivity contribution is 0.190. The fraction of sp³-hybridized carbons (Fsp3) is 0.750. The Bertz CT molecular complexity index is 284. The number of aryl methyl sites for hydroxylation is 1. The minimum Gasteiger partial charge on any atom is -0.385 e. The topological polar surface area (TPSA) is 39.1 Å². The van der Waals surface area contributed by atoms with E-state index in [0.717, 1.165) is 38.4 Å². The van der Waals surface area contributed by atoms with E-state index >= 15 is 0 Å². The fourth-order valence-electron chi connectivity index (χ4n) is 1.50. The molecule has 0 aliphatic heterocycles. The van der Waals surface area contributed by atoms with Crippen molar-refractivity contribution in [3.63, 3.8) is 0 Å². The zero-order valence-corrected chi connectivity index (χ0v) is 10.6. The van der Waals surface area contributed by atoms with Gasteiger partial charge < -0.3 is 14.6 Å². The smallest absolute Gasteiger partial charge is 0.0949 e. The number of methoxy groups -OCH3 is 1. The SMILES string of the molecule is COCCCn1cnc(CNCC(C)C)c1. The van der Waals surface area contributed by atoms with Gasteiger partial charge in [0.05, 0.1) is 12.0 Å². The minimum atomic E-state index is 0.684. The standard InChI is InChI=1S/C12H23N3O/c1-11(2)7-13-8-12-9-15(10-14-12)5-4-6-16-3/h9-11,13H,4-8H2,1-3H3. The van der Waals surface area contributed by atoms with E-state index in [1.165, 1.54) is 0 Å². The van der Waals surface area contributed by atoms with Gasteiger partial charge >= 0.3 is 0 Å². The average Bonchev–Trinajstić information content (AvgIpc) is 2.66. The summed E-state index contributed by atoms with van der Waals surface area (Å²) in [6.07, 6.45) is 5.02. The summed E-state index contributed by atoms with van der Waals surface area (Å²) in [7, 11) is 1.73. The molecule has 0 radical (unpaired) electrons. The molecule has 0 atom stereocenters. The third-order valence-corrected chi connectivity index (χ3v) is 2.31. The molecule has 4 nitrogen and oxygen atoms in total. The van der Waals surface area contributed by atoms with Crippen LogP contribution >= 0.6 is 0 Å². The molecule has 0 spiro atoms. The Morgan fingerprint density at radius 3 is 3.00 bits per heavy atom. The van der Waals surface area contributed by atoms with Crippen molar-refractivity contribution in [1.82, 2.24) is 14.9 Å². The molecule has 0 aliphatic carbocycles. The number of nitrogens with one attached hydrogen (secondary N) is 1. The molecule has 1 aromatic rings. The van der Waals surface area contributed by atoms with E-state index in [0.29, 0.717) is 5.92 Å². The largest absolute Gasteiger partial charge is 0.385 e. The molecule has 0 aliphatic rings. The van der Waals surface area contributed by atoms with Gasteiger partial charge in [0.1, 0.15) is 0 Å². The molecule has 0 aromatic carbocycles. The van der Waals surface area contributed by atoms with Gasteiger partial charge in [0, 0.05) is 33.0 Å². The Morgan fingerprint density at radius 1 is 1.50 bits per heavy atom. The number of ether oxygens (including phenoxy) is 1. The van der Waals surface area contributed by atoms with Gasteiger partial charge in [-0.2, -0.15) is 0 Å². The quantitative estimate of drug-likeness (QED) is 0.684. The first-order valence-corrected chi connectivity index (χ1v) is 5.92. The predicted octanol–water partition coefficient (Wildman–Crippen LogP) is 1.67. The Balaban J connectivity index is 2.22. The normalized spacial score (nSPS) is 11.2. The fourth-order valence-corrected chi connectivity index (χ4v) is 1.50. The molecule has 0 bridgehead atoms. The summed E-state index contributed by atoms with van der Waals surface area (Å²) in [4.78, 5) is 4.35. The molecule has 0 amide bonds. The highest BCUT2D eigenvalue weighted by Gasteiger charge is 1.99. The number of imidazole rings is 1. The van der Waals surface area contributed by atoms with Crippen LogP contribution in [-0.4, -0.2) is 29.8 Å². The second-order valence-electron chi connectivity index (χ2n) is 4.47. The molecule has 0 saturated heterocycles. The molecule has 1 N–H and O–H groups in total. The molecule has 0 unspecified atom stereocenters. The summed E-state index contributed by atoms with van der Waals surface area (Å²) >= 11 is 0. The lowest BCUT2D eigenvalue weighted by Crippen LogP contribution is -2.19. The van der Waals surface area contributed by atoms with Crippen molar-refractivity contribution in [2.75, 3.05) is 20.3 Å². The van der Waals surface area contributed by atoms with E-state index in [9.17, 15) is 0 Å². The van der Waals surface area contributed by atoms with Gasteiger partial charge in [0.2, 0.25) is 0 Å². The number of hydrogen-bond donors (Lipinski definition) is 1. The highest BCUT2D eigenvalue weighted by molar-refractivity contribution is 4.96. The summed E-state index contributed by atoms with van der Waals surface area (Å²) in [6, 6.07) is 0. The second-order valence-corrected chi connectivity index (χ2v) is 4.47. The molecular weight excluding hydrogens is 202 g/mol. The van der Waals surface area contributed by atoms with Crippen LogP contribution in [0.1, 0.15) is 26.0 Å². The van der Waals surface area contributed by atoms with Crippen LogP contribution in [0.25, 0.3) is 0 Å². The van der Waals surface area contributed by atoms with Crippen molar-refractivity contribution in [2.45, 2.75) is 33.4 Å². The lowest BCUT2D eigenvalue weighted by atomic mass is 10.2. The van der Waals surface area contributed by atoms with Crippen molar-refractivity contribution >= 4 is 0 Å². The van der Waals surface area contributed by atoms with Crippen molar-refractivity contribution in [1.29, 1.82) is 0 Å². The molecule has 1 heterocycles. The van der Waals surface area contributed by atoms with Gasteiger partial charge in [-0.05, 0) is 18.9 Å². The summed E-state index contributed by atoms with van der Waals surface area (Å²) in [5.74, 6) is 0.684. The maximum absolute atomic E-state index is 5.02. The molecule has 4 heteroatoms. The van der Waals surface area contributed by atoms with E-state index in [-0.39, 0.29) is 0 Å². The minimum absolute atomic E-state index is 0.684. The average molecular weight is 225 g/mol. The zero-order valence-electron chi connectivity index (χ0n) is 10.6. The Hall–Kier alpha value is -0.870. The lowest BCUT2D eigenvalue weighted by Gasteiger charge is -2.04. The van der Waals surface area contributed by atoms with Crippen LogP contribution in [0.3, 0.4) is 0 Å². The monoisotopic (exact) mass is 225 g/mol. The van der Waals surface area contributed by atoms with Crippen molar-refractivity contribution in [2.24, 2.45) is 5.92 Å². The van der Waals surface area contributed by atoms with Crippen molar-refractivity contribution in [3.8, 4) is 0 Å². The molecule has 0 saturated carbocycles. The van der Waals surface area contributed by atoms with Gasteiger partial charge in [-0.1, -0.05) is 13.8 Å². The van der Waals surface area contributed by atoms with Gasteiger partial charge in [-0.3, -0.25) is 0 Å². The third-order valence-electron chi connectivity index (χ3n) is 2.31. The van der Waals surface area contributed by atoms with Crippen LogP contribution in [-0.2, 0) is 17.8 Å². The van der Waals surface area contributed by atoms with Crippen LogP contribution in [0.2, 0.25) is 0 Å². The Labute approximate surface area is 98.0 Å².